The third-order valence-corrected chi connectivity index (χ3v) is 5.70. The first-order valence-electron chi connectivity index (χ1n) is 6.95. The zero-order valence-electron chi connectivity index (χ0n) is 12.8. The number of hydrogen-bond donors (Lipinski definition) is 0. The maximum Gasteiger partial charge on any atom is 0.277 e. The van der Waals surface area contributed by atoms with Crippen LogP contribution in [-0.4, -0.2) is 51.7 Å². The zero-order chi connectivity index (χ0) is 16.1. The maximum absolute atomic E-state index is 12.9. The van der Waals surface area contributed by atoms with Crippen LogP contribution in [0.4, 0.5) is 5.69 Å². The molecule has 0 fully saturated rings. The van der Waals surface area contributed by atoms with E-state index in [0.29, 0.717) is 15.4 Å². The summed E-state index contributed by atoms with van der Waals surface area (Å²) in [6, 6.07) is 1.94. The number of thioether (sulfide) groups is 1. The Labute approximate surface area is 140 Å². The Kier molecular flexibility index (Phi) is 3.27. The van der Waals surface area contributed by atoms with Gasteiger partial charge in [-0.15, -0.1) is 11.3 Å². The maximum atomic E-state index is 12.9. The lowest BCUT2D eigenvalue weighted by Crippen LogP contribution is -2.24. The molecule has 3 aromatic rings. The van der Waals surface area contributed by atoms with Gasteiger partial charge in [0.2, 0.25) is 0 Å². The third-order valence-electron chi connectivity index (χ3n) is 3.58. The van der Waals surface area contributed by atoms with E-state index in [4.69, 9.17) is 0 Å². The summed E-state index contributed by atoms with van der Waals surface area (Å²) in [5, 5.41) is 7.73. The van der Waals surface area contributed by atoms with Gasteiger partial charge in [-0.1, -0.05) is 11.8 Å². The summed E-state index contributed by atoms with van der Waals surface area (Å²) in [5.74, 6) is 0.735. The minimum absolute atomic E-state index is 0.0933. The van der Waals surface area contributed by atoms with Crippen molar-refractivity contribution in [1.82, 2.24) is 19.5 Å². The van der Waals surface area contributed by atoms with E-state index in [0.717, 1.165) is 21.8 Å². The summed E-state index contributed by atoms with van der Waals surface area (Å²) in [6.45, 7) is 0. The molecule has 118 valence electrons. The standard InChI is InChI=1S/C14H14N6OS2/c1-18(2)8-4-5-15-12-9(8)10-11(23-12)13(21)20(6-16-10)14-17-19(3)7-22-14/h4-6H,7H2,1-3H3. The first-order valence-corrected chi connectivity index (χ1v) is 8.75. The van der Waals surface area contributed by atoms with Gasteiger partial charge in [0.05, 0.1) is 17.0 Å². The fourth-order valence-electron chi connectivity index (χ4n) is 2.52. The van der Waals surface area contributed by atoms with Crippen molar-refractivity contribution < 1.29 is 0 Å². The molecule has 0 spiro atoms. The van der Waals surface area contributed by atoms with Crippen molar-refractivity contribution in [1.29, 1.82) is 0 Å². The molecule has 0 N–H and O–H groups in total. The second-order valence-electron chi connectivity index (χ2n) is 5.42. The van der Waals surface area contributed by atoms with Crippen LogP contribution in [0, 0.1) is 0 Å². The number of hydrazone groups is 1. The molecule has 1 aliphatic heterocycles. The minimum Gasteiger partial charge on any atom is -0.377 e. The van der Waals surface area contributed by atoms with Crippen LogP contribution in [0.5, 0.6) is 0 Å². The molecule has 0 radical (unpaired) electrons. The molecule has 23 heavy (non-hydrogen) atoms. The Morgan fingerprint density at radius 3 is 2.83 bits per heavy atom. The number of hydrogen-bond acceptors (Lipinski definition) is 8. The molecule has 0 amide bonds. The first kappa shape index (κ1) is 14.5. The molecule has 7 nitrogen and oxygen atoms in total. The molecule has 0 bridgehead atoms. The molecule has 0 unspecified atom stereocenters. The lowest BCUT2D eigenvalue weighted by atomic mass is 10.2. The van der Waals surface area contributed by atoms with Crippen molar-refractivity contribution in [3.63, 3.8) is 0 Å². The second kappa shape index (κ2) is 5.20. The molecule has 9 heteroatoms. The number of nitrogens with zero attached hydrogens (tertiary/aromatic N) is 6. The van der Waals surface area contributed by atoms with Crippen molar-refractivity contribution >= 4 is 54.4 Å². The van der Waals surface area contributed by atoms with Crippen molar-refractivity contribution in [3.8, 4) is 0 Å². The van der Waals surface area contributed by atoms with E-state index in [1.807, 2.05) is 32.1 Å². The molecule has 4 heterocycles. The summed E-state index contributed by atoms with van der Waals surface area (Å²) in [4.78, 5) is 24.6. The Hall–Kier alpha value is -2.13. The fourth-order valence-corrected chi connectivity index (χ4v) is 4.39. The van der Waals surface area contributed by atoms with Crippen LogP contribution in [0.3, 0.4) is 0 Å². The molecule has 3 aromatic heterocycles. The summed E-state index contributed by atoms with van der Waals surface area (Å²) in [5.41, 5.74) is 1.63. The lowest BCUT2D eigenvalue weighted by molar-refractivity contribution is 0.428. The molecule has 0 aromatic carbocycles. The van der Waals surface area contributed by atoms with Crippen LogP contribution in [0.25, 0.3) is 20.4 Å². The largest absolute Gasteiger partial charge is 0.377 e. The molecule has 0 saturated heterocycles. The van der Waals surface area contributed by atoms with Gasteiger partial charge in [0.15, 0.2) is 5.17 Å². The van der Waals surface area contributed by atoms with Gasteiger partial charge in [-0.2, -0.15) is 5.10 Å². The van der Waals surface area contributed by atoms with Gasteiger partial charge in [-0.25, -0.2) is 14.5 Å². The molecule has 0 aliphatic carbocycles. The van der Waals surface area contributed by atoms with E-state index in [2.05, 4.69) is 15.1 Å². The summed E-state index contributed by atoms with van der Waals surface area (Å²) in [7, 11) is 5.82. The lowest BCUT2D eigenvalue weighted by Gasteiger charge is -2.13. The van der Waals surface area contributed by atoms with Gasteiger partial charge < -0.3 is 4.90 Å². The van der Waals surface area contributed by atoms with E-state index in [-0.39, 0.29) is 5.56 Å². The highest BCUT2D eigenvalue weighted by Gasteiger charge is 2.20. The molecule has 0 saturated carbocycles. The second-order valence-corrected chi connectivity index (χ2v) is 7.33. The number of pyridine rings is 1. The van der Waals surface area contributed by atoms with Crippen molar-refractivity contribution in [2.75, 3.05) is 31.9 Å². The predicted octanol–water partition coefficient (Wildman–Crippen LogP) is 1.83. The van der Waals surface area contributed by atoms with Gasteiger partial charge >= 0.3 is 0 Å². The Morgan fingerprint density at radius 2 is 2.13 bits per heavy atom. The van der Waals surface area contributed by atoms with Crippen molar-refractivity contribution in [3.05, 3.63) is 28.9 Å². The average molecular weight is 346 g/mol. The van der Waals surface area contributed by atoms with E-state index >= 15 is 0 Å². The number of anilines is 1. The molecule has 4 rings (SSSR count). The third kappa shape index (κ3) is 2.19. The zero-order valence-corrected chi connectivity index (χ0v) is 14.5. The van der Waals surface area contributed by atoms with Crippen LogP contribution in [0.15, 0.2) is 28.5 Å². The average Bonchev–Trinajstić information content (AvgIpc) is 3.11. The monoisotopic (exact) mass is 346 g/mol. The predicted molar refractivity (Wildman–Crippen MR) is 96.6 cm³/mol. The van der Waals surface area contributed by atoms with E-state index < -0.39 is 0 Å². The van der Waals surface area contributed by atoms with Crippen molar-refractivity contribution in [2.45, 2.75) is 0 Å². The van der Waals surface area contributed by atoms with Gasteiger partial charge in [-0.05, 0) is 6.07 Å². The van der Waals surface area contributed by atoms with Crippen LogP contribution in [-0.2, 0) is 0 Å². The summed E-state index contributed by atoms with van der Waals surface area (Å²) < 4.78 is 2.13. The van der Waals surface area contributed by atoms with Crippen LogP contribution < -0.4 is 10.5 Å². The summed E-state index contributed by atoms with van der Waals surface area (Å²) in [6.07, 6.45) is 3.33. The van der Waals surface area contributed by atoms with Gasteiger partial charge in [0, 0.05) is 27.3 Å². The molecule has 1 aliphatic rings. The Morgan fingerprint density at radius 1 is 1.30 bits per heavy atom. The number of rotatable bonds is 1. The van der Waals surface area contributed by atoms with Crippen LogP contribution in [0.2, 0.25) is 0 Å². The number of thiophene rings is 1. The van der Waals surface area contributed by atoms with Crippen molar-refractivity contribution in [2.24, 2.45) is 5.10 Å². The Balaban J connectivity index is 2.02. The first-order chi connectivity index (χ1) is 11.1. The normalized spacial score (nSPS) is 14.7. The molecular formula is C14H14N6OS2. The minimum atomic E-state index is -0.0933. The number of fused-ring (bicyclic) bond motifs is 3. The topological polar surface area (TPSA) is 66.6 Å². The smallest absolute Gasteiger partial charge is 0.277 e. The SMILES string of the molecule is CN1CSC(n2cnc3c(sc4nccc(N(C)C)c43)c2=O)=N1. The number of aromatic nitrogens is 3. The fraction of sp³-hybridized carbons (Fsp3) is 0.286. The quantitative estimate of drug-likeness (QED) is 0.670. The highest BCUT2D eigenvalue weighted by atomic mass is 32.2. The highest BCUT2D eigenvalue weighted by Crippen LogP contribution is 2.35. The van der Waals surface area contributed by atoms with E-state index in [1.54, 1.807) is 17.5 Å². The molecule has 0 atom stereocenters. The van der Waals surface area contributed by atoms with Gasteiger partial charge in [0.25, 0.3) is 5.56 Å². The molecular weight excluding hydrogens is 332 g/mol. The Bertz CT molecular complexity index is 1010. The van der Waals surface area contributed by atoms with E-state index in [9.17, 15) is 4.79 Å². The van der Waals surface area contributed by atoms with E-state index in [1.165, 1.54) is 27.7 Å². The summed E-state index contributed by atoms with van der Waals surface area (Å²) >= 11 is 2.90. The van der Waals surface area contributed by atoms with Gasteiger partial charge in [-0.3, -0.25) is 9.80 Å². The van der Waals surface area contributed by atoms with Gasteiger partial charge in [0.1, 0.15) is 21.4 Å². The van der Waals surface area contributed by atoms with Crippen LogP contribution in [0.1, 0.15) is 0 Å². The highest BCUT2D eigenvalue weighted by molar-refractivity contribution is 8.14. The van der Waals surface area contributed by atoms with Crippen LogP contribution >= 0.6 is 23.1 Å².